The van der Waals surface area contributed by atoms with Crippen molar-refractivity contribution in [2.45, 2.75) is 32.2 Å². The molecule has 5 nitrogen and oxygen atoms in total. The largest absolute Gasteiger partial charge is 0.348 e. The second-order valence-electron chi connectivity index (χ2n) is 3.91. The Balaban J connectivity index is 1.81. The summed E-state index contributed by atoms with van der Waals surface area (Å²) in [6, 6.07) is 0.228. The third-order valence-corrected chi connectivity index (χ3v) is 2.41. The van der Waals surface area contributed by atoms with E-state index in [-0.39, 0.29) is 11.9 Å². The van der Waals surface area contributed by atoms with Crippen molar-refractivity contribution < 1.29 is 4.79 Å². The monoisotopic (exact) mass is 194 g/mol. The van der Waals surface area contributed by atoms with Crippen LogP contribution in [0, 0.1) is 5.92 Å². The van der Waals surface area contributed by atoms with E-state index in [0.717, 1.165) is 12.3 Å². The smallest absolute Gasteiger partial charge is 0.273 e. The molecule has 1 aliphatic carbocycles. The summed E-state index contributed by atoms with van der Waals surface area (Å²) in [5.41, 5.74) is 0.354. The number of aromatic amines is 1. The Bertz CT molecular complexity index is 305. The standard InChI is InChI=1S/C9H14N4O/c1-6(4-7-2-3-7)11-9(14)8-5-10-13-12-8/h5-7H,2-4H2,1H3,(H,11,14)(H,10,12,13). The molecule has 0 aromatic carbocycles. The number of carbonyl (C=O) groups is 1. The van der Waals surface area contributed by atoms with Crippen LogP contribution in [0.2, 0.25) is 0 Å². The molecule has 1 fully saturated rings. The van der Waals surface area contributed by atoms with Gasteiger partial charge in [0, 0.05) is 6.04 Å². The van der Waals surface area contributed by atoms with E-state index in [9.17, 15) is 4.79 Å². The van der Waals surface area contributed by atoms with Crippen molar-refractivity contribution in [2.75, 3.05) is 0 Å². The van der Waals surface area contributed by atoms with Gasteiger partial charge in [-0.2, -0.15) is 15.4 Å². The predicted molar refractivity (Wildman–Crippen MR) is 50.7 cm³/mol. The van der Waals surface area contributed by atoms with E-state index in [1.807, 2.05) is 6.92 Å². The maximum absolute atomic E-state index is 11.5. The van der Waals surface area contributed by atoms with Crippen molar-refractivity contribution in [3.05, 3.63) is 11.9 Å². The quantitative estimate of drug-likeness (QED) is 0.742. The molecule has 0 spiro atoms. The Morgan fingerprint density at radius 3 is 3.14 bits per heavy atom. The Morgan fingerprint density at radius 1 is 1.79 bits per heavy atom. The van der Waals surface area contributed by atoms with Crippen molar-refractivity contribution in [3.8, 4) is 0 Å². The summed E-state index contributed by atoms with van der Waals surface area (Å²) in [5.74, 6) is 0.675. The summed E-state index contributed by atoms with van der Waals surface area (Å²) in [6.45, 7) is 2.02. The molecule has 2 N–H and O–H groups in total. The Kier molecular flexibility index (Phi) is 2.47. The fourth-order valence-corrected chi connectivity index (χ4v) is 1.52. The average molecular weight is 194 g/mol. The first-order valence-electron chi connectivity index (χ1n) is 4.92. The molecule has 1 amide bonds. The average Bonchev–Trinajstić information content (AvgIpc) is 2.80. The Morgan fingerprint density at radius 2 is 2.57 bits per heavy atom. The molecular formula is C9H14N4O. The molecule has 1 heterocycles. The lowest BCUT2D eigenvalue weighted by molar-refractivity contribution is 0.0932. The number of amides is 1. The number of nitrogens with one attached hydrogen (secondary N) is 2. The molecule has 5 heteroatoms. The van der Waals surface area contributed by atoms with Crippen LogP contribution in [0.5, 0.6) is 0 Å². The van der Waals surface area contributed by atoms with E-state index in [1.165, 1.54) is 19.0 Å². The number of aromatic nitrogens is 3. The number of nitrogens with zero attached hydrogens (tertiary/aromatic N) is 2. The molecule has 2 rings (SSSR count). The minimum Gasteiger partial charge on any atom is -0.348 e. The minimum absolute atomic E-state index is 0.146. The molecule has 1 atom stereocenters. The van der Waals surface area contributed by atoms with Crippen LogP contribution in [0.1, 0.15) is 36.7 Å². The molecule has 0 aliphatic heterocycles. The van der Waals surface area contributed by atoms with E-state index in [1.54, 1.807) is 0 Å². The van der Waals surface area contributed by atoms with Gasteiger partial charge in [0.25, 0.3) is 5.91 Å². The fraction of sp³-hybridized carbons (Fsp3) is 0.667. The summed E-state index contributed by atoms with van der Waals surface area (Å²) in [5, 5.41) is 12.6. The third kappa shape index (κ3) is 2.31. The number of rotatable bonds is 4. The molecule has 1 aliphatic rings. The lowest BCUT2D eigenvalue weighted by Crippen LogP contribution is -2.33. The summed E-state index contributed by atoms with van der Waals surface area (Å²) < 4.78 is 0. The zero-order chi connectivity index (χ0) is 9.97. The predicted octanol–water partition coefficient (Wildman–Crippen LogP) is 0.723. The number of hydrogen-bond donors (Lipinski definition) is 2. The van der Waals surface area contributed by atoms with Gasteiger partial charge in [-0.25, -0.2) is 0 Å². The van der Waals surface area contributed by atoms with Gasteiger partial charge in [-0.1, -0.05) is 12.8 Å². The van der Waals surface area contributed by atoms with Crippen LogP contribution >= 0.6 is 0 Å². The highest BCUT2D eigenvalue weighted by atomic mass is 16.2. The van der Waals surface area contributed by atoms with Crippen LogP contribution in [0.15, 0.2) is 6.20 Å². The Hall–Kier alpha value is -1.39. The zero-order valence-electron chi connectivity index (χ0n) is 8.16. The lowest BCUT2D eigenvalue weighted by Gasteiger charge is -2.11. The van der Waals surface area contributed by atoms with Gasteiger partial charge in [0.05, 0.1) is 6.20 Å². The van der Waals surface area contributed by atoms with Crippen LogP contribution in [0.3, 0.4) is 0 Å². The maximum atomic E-state index is 11.5. The number of H-pyrrole nitrogens is 1. The van der Waals surface area contributed by atoms with Gasteiger partial charge >= 0.3 is 0 Å². The Labute approximate surface area is 82.3 Å². The van der Waals surface area contributed by atoms with E-state index >= 15 is 0 Å². The summed E-state index contributed by atoms with van der Waals surface area (Å²) in [4.78, 5) is 11.5. The molecule has 14 heavy (non-hydrogen) atoms. The third-order valence-electron chi connectivity index (χ3n) is 2.41. The van der Waals surface area contributed by atoms with Gasteiger partial charge in [0.15, 0.2) is 5.69 Å². The molecule has 1 unspecified atom stereocenters. The van der Waals surface area contributed by atoms with Crippen molar-refractivity contribution in [2.24, 2.45) is 5.92 Å². The number of carbonyl (C=O) groups excluding carboxylic acids is 1. The van der Waals surface area contributed by atoms with Gasteiger partial charge in [-0.15, -0.1) is 0 Å². The molecule has 0 bridgehead atoms. The highest BCUT2D eigenvalue weighted by molar-refractivity contribution is 5.91. The van der Waals surface area contributed by atoms with E-state index in [4.69, 9.17) is 0 Å². The van der Waals surface area contributed by atoms with Crippen molar-refractivity contribution in [1.29, 1.82) is 0 Å². The molecule has 0 radical (unpaired) electrons. The van der Waals surface area contributed by atoms with Crippen molar-refractivity contribution in [1.82, 2.24) is 20.7 Å². The highest BCUT2D eigenvalue weighted by Gasteiger charge is 2.24. The maximum Gasteiger partial charge on any atom is 0.273 e. The first-order chi connectivity index (χ1) is 6.75. The van der Waals surface area contributed by atoms with Crippen molar-refractivity contribution >= 4 is 5.91 Å². The lowest BCUT2D eigenvalue weighted by atomic mass is 10.1. The van der Waals surface area contributed by atoms with E-state index < -0.39 is 0 Å². The molecule has 1 saturated carbocycles. The van der Waals surface area contributed by atoms with Gasteiger partial charge < -0.3 is 5.32 Å². The van der Waals surface area contributed by atoms with Gasteiger partial charge in [0.2, 0.25) is 0 Å². The normalized spacial score (nSPS) is 17.8. The molecule has 1 aromatic rings. The topological polar surface area (TPSA) is 70.7 Å². The van der Waals surface area contributed by atoms with Crippen LogP contribution in [-0.2, 0) is 0 Å². The van der Waals surface area contributed by atoms with E-state index in [0.29, 0.717) is 5.69 Å². The molecule has 1 aromatic heterocycles. The first-order valence-corrected chi connectivity index (χ1v) is 4.92. The second kappa shape index (κ2) is 3.77. The zero-order valence-corrected chi connectivity index (χ0v) is 8.16. The molecule has 76 valence electrons. The highest BCUT2D eigenvalue weighted by Crippen LogP contribution is 2.33. The minimum atomic E-state index is -0.146. The van der Waals surface area contributed by atoms with Gasteiger partial charge in [-0.05, 0) is 19.3 Å². The van der Waals surface area contributed by atoms with Gasteiger partial charge in [-0.3, -0.25) is 4.79 Å². The van der Waals surface area contributed by atoms with Gasteiger partial charge in [0.1, 0.15) is 0 Å². The summed E-state index contributed by atoms with van der Waals surface area (Å²) >= 11 is 0. The first kappa shape index (κ1) is 9.18. The fourth-order valence-electron chi connectivity index (χ4n) is 1.52. The second-order valence-corrected chi connectivity index (χ2v) is 3.91. The van der Waals surface area contributed by atoms with Crippen LogP contribution in [0.4, 0.5) is 0 Å². The molecule has 0 saturated heterocycles. The van der Waals surface area contributed by atoms with Crippen molar-refractivity contribution in [3.63, 3.8) is 0 Å². The van der Waals surface area contributed by atoms with E-state index in [2.05, 4.69) is 20.7 Å². The summed E-state index contributed by atoms with van der Waals surface area (Å²) in [7, 11) is 0. The SMILES string of the molecule is CC(CC1CC1)NC(=O)c1cn[nH]n1. The number of hydrogen-bond acceptors (Lipinski definition) is 3. The summed E-state index contributed by atoms with van der Waals surface area (Å²) in [6.07, 6.45) is 5.12. The van der Waals surface area contributed by atoms with Crippen LogP contribution < -0.4 is 5.32 Å². The van der Waals surface area contributed by atoms with Crippen LogP contribution in [-0.4, -0.2) is 27.4 Å². The molecular weight excluding hydrogens is 180 g/mol. The van der Waals surface area contributed by atoms with Crippen LogP contribution in [0.25, 0.3) is 0 Å².